The highest BCUT2D eigenvalue weighted by Crippen LogP contribution is 2.30. The lowest BCUT2D eigenvalue weighted by Gasteiger charge is -2.13. The number of hydrogen-bond donors (Lipinski definition) is 2. The van der Waals surface area contributed by atoms with Crippen LogP contribution in [0.1, 0.15) is 61.1 Å². The number of anilines is 1. The van der Waals surface area contributed by atoms with E-state index >= 15 is 0 Å². The molecule has 2 heterocycles. The van der Waals surface area contributed by atoms with Crippen molar-refractivity contribution in [1.29, 1.82) is 0 Å². The Labute approximate surface area is 179 Å². The normalized spacial score (nSPS) is 14.4. The fourth-order valence-electron chi connectivity index (χ4n) is 3.71. The summed E-state index contributed by atoms with van der Waals surface area (Å²) in [6, 6.07) is 9.46. The monoisotopic (exact) mass is 421 g/mol. The number of furan rings is 1. The Morgan fingerprint density at radius 3 is 2.67 bits per heavy atom. The fourth-order valence-corrected chi connectivity index (χ4v) is 4.32. The molecule has 4 rings (SSSR count). The minimum absolute atomic E-state index is 0.237. The number of nitrogens with zero attached hydrogens (tertiary/aromatic N) is 1. The molecular formula is C23H23N3O3S. The molecule has 0 unspecified atom stereocenters. The molecular weight excluding hydrogens is 398 g/mol. The van der Waals surface area contributed by atoms with Crippen molar-refractivity contribution >= 4 is 34.6 Å². The van der Waals surface area contributed by atoms with Crippen LogP contribution < -0.4 is 10.7 Å². The highest BCUT2D eigenvalue weighted by molar-refractivity contribution is 7.12. The number of fused-ring (bicyclic) bond motifs is 1. The number of nitrogens with one attached hydrogen (secondary N) is 2. The van der Waals surface area contributed by atoms with Crippen molar-refractivity contribution in [2.45, 2.75) is 40.0 Å². The van der Waals surface area contributed by atoms with Crippen molar-refractivity contribution in [3.63, 3.8) is 0 Å². The molecule has 0 saturated heterocycles. The zero-order chi connectivity index (χ0) is 21.3. The quantitative estimate of drug-likeness (QED) is 0.582. The predicted octanol–water partition coefficient (Wildman–Crippen LogP) is 4.99. The molecule has 0 bridgehead atoms. The molecule has 0 saturated carbocycles. The minimum atomic E-state index is -0.282. The van der Waals surface area contributed by atoms with Gasteiger partial charge in [0.1, 0.15) is 5.76 Å². The van der Waals surface area contributed by atoms with Crippen LogP contribution in [-0.2, 0) is 6.42 Å². The summed E-state index contributed by atoms with van der Waals surface area (Å²) in [4.78, 5) is 25.7. The summed E-state index contributed by atoms with van der Waals surface area (Å²) in [7, 11) is 0. The first-order valence-corrected chi connectivity index (χ1v) is 10.7. The number of thiophene rings is 1. The molecule has 30 heavy (non-hydrogen) atoms. The standard InChI is InChI=1S/C23H23N3O3S/c1-13-9-10-16(14(2)12-13)24-23(28)21-15(3)20-17(6-4-7-18(20)29-21)25-26-22(27)19-8-5-11-30-19/h5,8-12H,4,6-7H2,1-3H3,(H,24,28)(H,26,27)/b25-17+. The van der Waals surface area contributed by atoms with Gasteiger partial charge >= 0.3 is 0 Å². The second kappa shape index (κ2) is 8.28. The second-order valence-corrected chi connectivity index (χ2v) is 8.40. The van der Waals surface area contributed by atoms with Crippen molar-refractivity contribution in [3.05, 3.63) is 74.4 Å². The SMILES string of the molecule is Cc1ccc(NC(=O)c2oc3c(c2C)/C(=N/NC(=O)c2cccs2)CCC3)c(C)c1. The minimum Gasteiger partial charge on any atom is -0.455 e. The van der Waals surface area contributed by atoms with E-state index in [0.717, 1.165) is 58.7 Å². The molecule has 2 aromatic heterocycles. The topological polar surface area (TPSA) is 83.7 Å². The molecule has 2 N–H and O–H groups in total. The molecule has 7 heteroatoms. The largest absolute Gasteiger partial charge is 0.455 e. The van der Waals surface area contributed by atoms with Crippen molar-refractivity contribution in [2.75, 3.05) is 5.32 Å². The Morgan fingerprint density at radius 1 is 1.10 bits per heavy atom. The lowest BCUT2D eigenvalue weighted by molar-refractivity contribution is 0.0957. The summed E-state index contributed by atoms with van der Waals surface area (Å²) < 4.78 is 5.94. The van der Waals surface area contributed by atoms with Gasteiger partial charge in [-0.2, -0.15) is 5.10 Å². The fraction of sp³-hybridized carbons (Fsp3) is 0.261. The van der Waals surface area contributed by atoms with E-state index in [-0.39, 0.29) is 11.8 Å². The molecule has 0 radical (unpaired) electrons. The van der Waals surface area contributed by atoms with E-state index in [2.05, 4.69) is 15.8 Å². The summed E-state index contributed by atoms with van der Waals surface area (Å²) in [5.41, 5.74) is 7.85. The third-order valence-electron chi connectivity index (χ3n) is 5.20. The Balaban J connectivity index is 1.58. The zero-order valence-corrected chi connectivity index (χ0v) is 18.0. The van der Waals surface area contributed by atoms with E-state index in [9.17, 15) is 9.59 Å². The molecule has 1 aliphatic carbocycles. The van der Waals surface area contributed by atoms with Crippen LogP contribution in [0.5, 0.6) is 0 Å². The summed E-state index contributed by atoms with van der Waals surface area (Å²) in [6.07, 6.45) is 2.31. The Bertz CT molecular complexity index is 1140. The van der Waals surface area contributed by atoms with Crippen LogP contribution in [0.3, 0.4) is 0 Å². The third-order valence-corrected chi connectivity index (χ3v) is 6.07. The van der Waals surface area contributed by atoms with E-state index in [4.69, 9.17) is 4.42 Å². The van der Waals surface area contributed by atoms with Crippen molar-refractivity contribution in [3.8, 4) is 0 Å². The molecule has 2 amide bonds. The first-order valence-electron chi connectivity index (χ1n) is 9.85. The van der Waals surface area contributed by atoms with Crippen molar-refractivity contribution in [1.82, 2.24) is 5.43 Å². The van der Waals surface area contributed by atoms with Gasteiger partial charge in [-0.1, -0.05) is 23.8 Å². The maximum atomic E-state index is 12.9. The maximum Gasteiger partial charge on any atom is 0.291 e. The third kappa shape index (κ3) is 3.93. The summed E-state index contributed by atoms with van der Waals surface area (Å²) in [6.45, 7) is 5.84. The van der Waals surface area contributed by atoms with Gasteiger partial charge in [-0.05, 0) is 56.7 Å². The molecule has 0 atom stereocenters. The maximum absolute atomic E-state index is 12.9. The van der Waals surface area contributed by atoms with Crippen molar-refractivity contribution in [2.24, 2.45) is 5.10 Å². The van der Waals surface area contributed by atoms with Crippen molar-refractivity contribution < 1.29 is 14.0 Å². The van der Waals surface area contributed by atoms with Crippen LogP contribution in [0.4, 0.5) is 5.69 Å². The van der Waals surface area contributed by atoms with Gasteiger partial charge in [0, 0.05) is 23.2 Å². The highest BCUT2D eigenvalue weighted by atomic mass is 32.1. The van der Waals surface area contributed by atoms with Crippen LogP contribution >= 0.6 is 11.3 Å². The first kappa shape index (κ1) is 20.1. The van der Waals surface area contributed by atoms with Crippen LogP contribution in [0, 0.1) is 20.8 Å². The van der Waals surface area contributed by atoms with Gasteiger partial charge < -0.3 is 9.73 Å². The highest BCUT2D eigenvalue weighted by Gasteiger charge is 2.28. The van der Waals surface area contributed by atoms with Crippen LogP contribution in [0.15, 0.2) is 45.2 Å². The number of aryl methyl sites for hydroxylation is 3. The number of rotatable bonds is 4. The van der Waals surface area contributed by atoms with E-state index in [0.29, 0.717) is 10.6 Å². The molecule has 0 spiro atoms. The van der Waals surface area contributed by atoms with Gasteiger partial charge in [0.05, 0.1) is 10.6 Å². The summed E-state index contributed by atoms with van der Waals surface area (Å²) in [5.74, 6) is 0.516. The Hall–Kier alpha value is -3.19. The van der Waals surface area contributed by atoms with Crippen LogP contribution in [0.2, 0.25) is 0 Å². The average Bonchev–Trinajstić information content (AvgIpc) is 3.37. The molecule has 154 valence electrons. The number of amides is 2. The van der Waals surface area contributed by atoms with Gasteiger partial charge in [0.2, 0.25) is 0 Å². The number of hydrazone groups is 1. The second-order valence-electron chi connectivity index (χ2n) is 7.46. The average molecular weight is 422 g/mol. The number of hydrogen-bond acceptors (Lipinski definition) is 5. The van der Waals surface area contributed by atoms with E-state index in [1.165, 1.54) is 11.3 Å². The molecule has 0 fully saturated rings. The molecule has 3 aromatic rings. The molecule has 6 nitrogen and oxygen atoms in total. The number of carbonyl (C=O) groups is 2. The molecule has 1 aromatic carbocycles. The smallest absolute Gasteiger partial charge is 0.291 e. The molecule has 0 aliphatic heterocycles. The Morgan fingerprint density at radius 2 is 1.93 bits per heavy atom. The summed E-state index contributed by atoms with van der Waals surface area (Å²) >= 11 is 1.36. The lowest BCUT2D eigenvalue weighted by Crippen LogP contribution is -2.21. The number of benzene rings is 1. The van der Waals surface area contributed by atoms with E-state index < -0.39 is 0 Å². The van der Waals surface area contributed by atoms with Crippen LogP contribution in [-0.4, -0.2) is 17.5 Å². The van der Waals surface area contributed by atoms with E-state index in [1.54, 1.807) is 6.07 Å². The van der Waals surface area contributed by atoms with Gasteiger partial charge in [-0.25, -0.2) is 5.43 Å². The van der Waals surface area contributed by atoms with Gasteiger partial charge in [0.15, 0.2) is 5.76 Å². The zero-order valence-electron chi connectivity index (χ0n) is 17.2. The van der Waals surface area contributed by atoms with E-state index in [1.807, 2.05) is 50.4 Å². The number of carbonyl (C=O) groups excluding carboxylic acids is 2. The summed E-state index contributed by atoms with van der Waals surface area (Å²) in [5, 5.41) is 9.15. The van der Waals surface area contributed by atoms with Gasteiger partial charge in [-0.3, -0.25) is 9.59 Å². The van der Waals surface area contributed by atoms with Gasteiger partial charge in [0.25, 0.3) is 11.8 Å². The predicted molar refractivity (Wildman–Crippen MR) is 119 cm³/mol. The Kier molecular flexibility index (Phi) is 5.55. The molecule has 1 aliphatic rings. The van der Waals surface area contributed by atoms with Gasteiger partial charge in [-0.15, -0.1) is 11.3 Å². The first-order chi connectivity index (χ1) is 14.4. The van der Waals surface area contributed by atoms with Crippen LogP contribution in [0.25, 0.3) is 0 Å². The lowest BCUT2D eigenvalue weighted by atomic mass is 9.93.